The molecule has 0 amide bonds. The van der Waals surface area contributed by atoms with E-state index in [1.165, 1.54) is 32.5 Å². The van der Waals surface area contributed by atoms with Crippen LogP contribution in [0.25, 0.3) is 0 Å². The average molecular weight is 317 g/mol. The van der Waals surface area contributed by atoms with Gasteiger partial charge in [0, 0.05) is 36.0 Å². The molecule has 0 unspecified atom stereocenters. The van der Waals surface area contributed by atoms with Crippen molar-refractivity contribution in [2.75, 3.05) is 17.3 Å². The van der Waals surface area contributed by atoms with Crippen molar-refractivity contribution in [1.29, 1.82) is 0 Å². The Morgan fingerprint density at radius 3 is 2.74 bits per heavy atom. The lowest BCUT2D eigenvalue weighted by atomic mass is 10.1. The van der Waals surface area contributed by atoms with Crippen molar-refractivity contribution in [2.45, 2.75) is 20.0 Å². The van der Waals surface area contributed by atoms with Crippen LogP contribution in [0.4, 0.5) is 11.4 Å². The number of hydrogen-bond donors (Lipinski definition) is 1. The van der Waals surface area contributed by atoms with E-state index < -0.39 is 0 Å². The number of nitrogens with zero attached hydrogens (tertiary/aromatic N) is 1. The highest BCUT2D eigenvalue weighted by atomic mass is 79.9. The van der Waals surface area contributed by atoms with Crippen molar-refractivity contribution in [3.05, 3.63) is 57.6 Å². The fraction of sp³-hybridized carbons (Fsp3) is 0.250. The molecule has 0 radical (unpaired) electrons. The molecule has 0 saturated heterocycles. The van der Waals surface area contributed by atoms with E-state index in [9.17, 15) is 0 Å². The Balaban J connectivity index is 1.93. The monoisotopic (exact) mass is 316 g/mol. The predicted molar refractivity (Wildman–Crippen MR) is 84.8 cm³/mol. The first-order valence-electron chi connectivity index (χ1n) is 6.48. The molecule has 0 aliphatic carbocycles. The summed E-state index contributed by atoms with van der Waals surface area (Å²) in [5, 5.41) is 3.28. The molecule has 98 valence electrons. The summed E-state index contributed by atoms with van der Waals surface area (Å²) in [7, 11) is 1.99. The van der Waals surface area contributed by atoms with Crippen LogP contribution in [0.15, 0.2) is 40.9 Å². The molecule has 0 saturated carbocycles. The first kappa shape index (κ1) is 12.5. The van der Waals surface area contributed by atoms with Crippen molar-refractivity contribution in [3.63, 3.8) is 0 Å². The van der Waals surface area contributed by atoms with Crippen LogP contribution in [0.1, 0.15) is 16.7 Å². The van der Waals surface area contributed by atoms with Crippen LogP contribution in [0, 0.1) is 6.92 Å². The van der Waals surface area contributed by atoms with Gasteiger partial charge in [0.25, 0.3) is 0 Å². The maximum absolute atomic E-state index is 3.62. The van der Waals surface area contributed by atoms with E-state index in [1.807, 2.05) is 7.05 Å². The third kappa shape index (κ3) is 2.23. The Bertz CT molecular complexity index is 622. The topological polar surface area (TPSA) is 15.3 Å². The third-order valence-electron chi connectivity index (χ3n) is 3.77. The normalized spacial score (nSPS) is 13.5. The maximum atomic E-state index is 3.62. The van der Waals surface area contributed by atoms with Gasteiger partial charge in [-0.1, -0.05) is 34.1 Å². The van der Waals surface area contributed by atoms with Crippen LogP contribution in [-0.4, -0.2) is 7.05 Å². The summed E-state index contributed by atoms with van der Waals surface area (Å²) in [5.74, 6) is 0. The predicted octanol–water partition coefficient (Wildman–Crippen LogP) is 4.32. The molecule has 19 heavy (non-hydrogen) atoms. The molecule has 1 aliphatic rings. The molecule has 1 heterocycles. The lowest BCUT2D eigenvalue weighted by molar-refractivity contribution is 0.880. The van der Waals surface area contributed by atoms with Crippen LogP contribution in [0.5, 0.6) is 0 Å². The van der Waals surface area contributed by atoms with Crippen molar-refractivity contribution in [3.8, 4) is 0 Å². The highest BCUT2D eigenvalue weighted by molar-refractivity contribution is 9.10. The molecule has 1 aliphatic heterocycles. The van der Waals surface area contributed by atoms with Gasteiger partial charge < -0.3 is 10.2 Å². The van der Waals surface area contributed by atoms with Crippen molar-refractivity contribution in [1.82, 2.24) is 0 Å². The number of nitrogens with one attached hydrogen (secondary N) is 1. The standard InChI is InChI=1S/C16H17BrN2/c1-11-6-7-13(8-15(11)17)19-9-12-4-3-5-16(18-2)14(12)10-19/h3-8,18H,9-10H2,1-2H3. The highest BCUT2D eigenvalue weighted by Gasteiger charge is 2.21. The van der Waals surface area contributed by atoms with Crippen LogP contribution >= 0.6 is 15.9 Å². The second kappa shape index (κ2) is 4.89. The SMILES string of the molecule is CNc1cccc2c1CN(c1ccc(C)c(Br)c1)C2. The Kier molecular flexibility index (Phi) is 3.23. The minimum Gasteiger partial charge on any atom is -0.388 e. The van der Waals surface area contributed by atoms with Crippen molar-refractivity contribution < 1.29 is 0 Å². The summed E-state index contributed by atoms with van der Waals surface area (Å²) in [6.45, 7) is 4.08. The summed E-state index contributed by atoms with van der Waals surface area (Å²) >= 11 is 3.62. The van der Waals surface area contributed by atoms with E-state index in [0.717, 1.165) is 13.1 Å². The lowest BCUT2D eigenvalue weighted by Crippen LogP contribution is -2.14. The zero-order valence-corrected chi connectivity index (χ0v) is 12.8. The van der Waals surface area contributed by atoms with Gasteiger partial charge in [0.1, 0.15) is 0 Å². The zero-order chi connectivity index (χ0) is 13.4. The van der Waals surface area contributed by atoms with Crippen LogP contribution in [0.3, 0.4) is 0 Å². The molecule has 2 aromatic rings. The summed E-state index contributed by atoms with van der Waals surface area (Å²) in [6, 6.07) is 13.1. The molecule has 3 heteroatoms. The molecule has 0 spiro atoms. The highest BCUT2D eigenvalue weighted by Crippen LogP contribution is 2.34. The minimum atomic E-state index is 0.974. The van der Waals surface area contributed by atoms with Crippen LogP contribution < -0.4 is 10.2 Å². The number of halogens is 1. The fourth-order valence-electron chi connectivity index (χ4n) is 2.62. The Labute approximate surface area is 122 Å². The quantitative estimate of drug-likeness (QED) is 0.887. The first-order chi connectivity index (χ1) is 9.19. The zero-order valence-electron chi connectivity index (χ0n) is 11.2. The molecule has 0 atom stereocenters. The van der Waals surface area contributed by atoms with Crippen LogP contribution in [-0.2, 0) is 13.1 Å². The van der Waals surface area contributed by atoms with Gasteiger partial charge in [-0.25, -0.2) is 0 Å². The van der Waals surface area contributed by atoms with Gasteiger partial charge in [-0.3, -0.25) is 0 Å². The summed E-state index contributed by atoms with van der Waals surface area (Å²) in [5.41, 5.74) is 6.63. The van der Waals surface area contributed by atoms with Gasteiger partial charge in [-0.05, 0) is 41.8 Å². The lowest BCUT2D eigenvalue weighted by Gasteiger charge is -2.18. The molecular weight excluding hydrogens is 300 g/mol. The number of hydrogen-bond acceptors (Lipinski definition) is 2. The Morgan fingerprint density at radius 2 is 2.00 bits per heavy atom. The number of rotatable bonds is 2. The second-order valence-corrected chi connectivity index (χ2v) is 5.84. The largest absolute Gasteiger partial charge is 0.388 e. The van der Waals surface area contributed by atoms with Gasteiger partial charge >= 0.3 is 0 Å². The van der Waals surface area contributed by atoms with E-state index in [-0.39, 0.29) is 0 Å². The second-order valence-electron chi connectivity index (χ2n) is 4.98. The first-order valence-corrected chi connectivity index (χ1v) is 7.28. The smallest absolute Gasteiger partial charge is 0.0457 e. The average Bonchev–Trinajstić information content (AvgIpc) is 2.85. The number of fused-ring (bicyclic) bond motifs is 1. The summed E-state index contributed by atoms with van der Waals surface area (Å²) < 4.78 is 1.18. The van der Waals surface area contributed by atoms with Gasteiger partial charge in [0.05, 0.1) is 0 Å². The molecule has 0 bridgehead atoms. The maximum Gasteiger partial charge on any atom is 0.0457 e. The van der Waals surface area contributed by atoms with Gasteiger partial charge in [-0.15, -0.1) is 0 Å². The van der Waals surface area contributed by atoms with Gasteiger partial charge in [0.2, 0.25) is 0 Å². The molecule has 1 N–H and O–H groups in total. The molecule has 2 aromatic carbocycles. The summed E-state index contributed by atoms with van der Waals surface area (Å²) in [4.78, 5) is 2.41. The molecule has 0 aromatic heterocycles. The van der Waals surface area contributed by atoms with Gasteiger partial charge in [-0.2, -0.15) is 0 Å². The van der Waals surface area contributed by atoms with E-state index in [2.05, 4.69) is 69.5 Å². The van der Waals surface area contributed by atoms with Crippen molar-refractivity contribution >= 4 is 27.3 Å². The van der Waals surface area contributed by atoms with E-state index in [1.54, 1.807) is 0 Å². The summed E-state index contributed by atoms with van der Waals surface area (Å²) in [6.07, 6.45) is 0. The minimum absolute atomic E-state index is 0.974. The molecule has 2 nitrogen and oxygen atoms in total. The van der Waals surface area contributed by atoms with Crippen molar-refractivity contribution in [2.24, 2.45) is 0 Å². The number of anilines is 2. The molecule has 0 fully saturated rings. The van der Waals surface area contributed by atoms with E-state index >= 15 is 0 Å². The molecular formula is C16H17BrN2. The number of aryl methyl sites for hydroxylation is 1. The van der Waals surface area contributed by atoms with Crippen LogP contribution in [0.2, 0.25) is 0 Å². The fourth-order valence-corrected chi connectivity index (χ4v) is 2.98. The van der Waals surface area contributed by atoms with Gasteiger partial charge in [0.15, 0.2) is 0 Å². The van der Waals surface area contributed by atoms with E-state index in [4.69, 9.17) is 0 Å². The third-order valence-corrected chi connectivity index (χ3v) is 4.63. The Hall–Kier alpha value is -1.48. The Morgan fingerprint density at radius 1 is 1.16 bits per heavy atom. The number of benzene rings is 2. The van der Waals surface area contributed by atoms with E-state index in [0.29, 0.717) is 0 Å². The molecule has 3 rings (SSSR count).